The highest BCUT2D eigenvalue weighted by molar-refractivity contribution is 7.97. The summed E-state index contributed by atoms with van der Waals surface area (Å²) >= 11 is 15.0. The molecule has 2 aromatic heterocycles. The normalized spacial score (nSPS) is 11.2. The molecule has 21 heavy (non-hydrogen) atoms. The van der Waals surface area contributed by atoms with Gasteiger partial charge in [-0.25, -0.2) is 0 Å². The third-order valence-electron chi connectivity index (χ3n) is 2.62. The van der Waals surface area contributed by atoms with Crippen LogP contribution in [-0.4, -0.2) is 26.1 Å². The van der Waals surface area contributed by atoms with Gasteiger partial charge in [-0.05, 0) is 24.5 Å². The first-order valence-corrected chi connectivity index (χ1v) is 8.91. The summed E-state index contributed by atoms with van der Waals surface area (Å²) in [6.07, 6.45) is 2.01. The van der Waals surface area contributed by atoms with E-state index in [1.165, 1.54) is 11.3 Å². The number of rotatable bonds is 5. The minimum absolute atomic E-state index is 0.327. The van der Waals surface area contributed by atoms with Crippen molar-refractivity contribution in [2.75, 3.05) is 6.26 Å². The van der Waals surface area contributed by atoms with Gasteiger partial charge in [0, 0.05) is 5.02 Å². The smallest absolute Gasteiger partial charge is 0.234 e. The maximum atomic E-state index is 6.06. The molecule has 0 bridgehead atoms. The SMILES string of the molecule is CSCc1nnc2sc(COc3ccc(Cl)cc3Cl)nn12. The quantitative estimate of drug-likeness (QED) is 0.689. The molecule has 1 aromatic carbocycles. The van der Waals surface area contributed by atoms with Gasteiger partial charge in [-0.15, -0.1) is 10.2 Å². The lowest BCUT2D eigenvalue weighted by Gasteiger charge is -2.05. The van der Waals surface area contributed by atoms with Crippen LogP contribution in [0.3, 0.4) is 0 Å². The van der Waals surface area contributed by atoms with Gasteiger partial charge in [-0.2, -0.15) is 21.4 Å². The molecule has 3 aromatic rings. The lowest BCUT2D eigenvalue weighted by Crippen LogP contribution is -1.99. The van der Waals surface area contributed by atoms with Crippen LogP contribution < -0.4 is 4.74 Å². The van der Waals surface area contributed by atoms with E-state index >= 15 is 0 Å². The Morgan fingerprint density at radius 3 is 2.95 bits per heavy atom. The van der Waals surface area contributed by atoms with Crippen LogP contribution in [0.5, 0.6) is 5.75 Å². The molecule has 5 nitrogen and oxygen atoms in total. The highest BCUT2D eigenvalue weighted by Gasteiger charge is 2.12. The Hall–Kier alpha value is -1.02. The Labute approximate surface area is 139 Å². The number of aromatic nitrogens is 4. The molecule has 110 valence electrons. The summed E-state index contributed by atoms with van der Waals surface area (Å²) in [7, 11) is 0. The van der Waals surface area contributed by atoms with Crippen molar-refractivity contribution in [2.24, 2.45) is 0 Å². The Morgan fingerprint density at radius 1 is 1.33 bits per heavy atom. The number of hydrogen-bond donors (Lipinski definition) is 0. The average molecular weight is 361 g/mol. The highest BCUT2D eigenvalue weighted by atomic mass is 35.5. The zero-order valence-electron chi connectivity index (χ0n) is 10.9. The number of ether oxygens (including phenoxy) is 1. The highest BCUT2D eigenvalue weighted by Crippen LogP contribution is 2.28. The summed E-state index contributed by atoms with van der Waals surface area (Å²) in [6, 6.07) is 5.12. The van der Waals surface area contributed by atoms with Crippen LogP contribution in [-0.2, 0) is 12.4 Å². The van der Waals surface area contributed by atoms with Crippen LogP contribution in [0.4, 0.5) is 0 Å². The van der Waals surface area contributed by atoms with Crippen LogP contribution in [0.1, 0.15) is 10.8 Å². The van der Waals surface area contributed by atoms with E-state index in [1.807, 2.05) is 6.26 Å². The standard InChI is InChI=1S/C12H10Cl2N4OS2/c1-20-6-10-15-16-12-18(10)17-11(21-12)5-19-9-3-2-7(13)4-8(9)14/h2-4H,5-6H2,1H3. The predicted molar refractivity (Wildman–Crippen MR) is 86.7 cm³/mol. The van der Waals surface area contributed by atoms with Crippen molar-refractivity contribution in [2.45, 2.75) is 12.4 Å². The summed E-state index contributed by atoms with van der Waals surface area (Å²) in [5.41, 5.74) is 0. The Balaban J connectivity index is 1.75. The molecule has 0 aliphatic carbocycles. The molecule has 0 N–H and O–H groups in total. The molecule has 0 saturated heterocycles. The fourth-order valence-electron chi connectivity index (χ4n) is 1.71. The summed E-state index contributed by atoms with van der Waals surface area (Å²) in [5, 5.41) is 14.5. The first kappa shape index (κ1) is 14.9. The van der Waals surface area contributed by atoms with Gasteiger partial charge in [0.05, 0.1) is 10.8 Å². The van der Waals surface area contributed by atoms with Crippen molar-refractivity contribution < 1.29 is 4.74 Å². The number of halogens is 2. The number of nitrogens with zero attached hydrogens (tertiary/aromatic N) is 4. The molecule has 0 aliphatic rings. The summed E-state index contributed by atoms with van der Waals surface area (Å²) in [5.74, 6) is 2.19. The van der Waals surface area contributed by atoms with Gasteiger partial charge in [0.2, 0.25) is 4.96 Å². The molecule has 0 amide bonds. The van der Waals surface area contributed by atoms with Crippen LogP contribution in [0, 0.1) is 0 Å². The van der Waals surface area contributed by atoms with Crippen LogP contribution in [0.2, 0.25) is 10.0 Å². The number of fused-ring (bicyclic) bond motifs is 1. The van der Waals surface area contributed by atoms with Gasteiger partial charge in [0.1, 0.15) is 12.4 Å². The maximum absolute atomic E-state index is 6.06. The second-order valence-electron chi connectivity index (χ2n) is 4.10. The molecular weight excluding hydrogens is 351 g/mol. The maximum Gasteiger partial charge on any atom is 0.234 e. The third kappa shape index (κ3) is 3.26. The molecule has 0 unspecified atom stereocenters. The molecule has 0 atom stereocenters. The van der Waals surface area contributed by atoms with Crippen molar-refractivity contribution in [3.8, 4) is 5.75 Å². The van der Waals surface area contributed by atoms with Gasteiger partial charge in [-0.3, -0.25) is 0 Å². The summed E-state index contributed by atoms with van der Waals surface area (Å²) < 4.78 is 7.42. The lowest BCUT2D eigenvalue weighted by atomic mass is 10.3. The van der Waals surface area contributed by atoms with E-state index in [0.29, 0.717) is 22.4 Å². The minimum atomic E-state index is 0.327. The monoisotopic (exact) mass is 360 g/mol. The Kier molecular flexibility index (Phi) is 4.54. The zero-order valence-corrected chi connectivity index (χ0v) is 14.1. The van der Waals surface area contributed by atoms with E-state index in [1.54, 1.807) is 34.5 Å². The molecule has 0 saturated carbocycles. The lowest BCUT2D eigenvalue weighted by molar-refractivity contribution is 0.304. The van der Waals surface area contributed by atoms with E-state index in [9.17, 15) is 0 Å². The van der Waals surface area contributed by atoms with E-state index in [2.05, 4.69) is 15.3 Å². The molecule has 9 heteroatoms. The minimum Gasteiger partial charge on any atom is -0.485 e. The topological polar surface area (TPSA) is 52.3 Å². The van der Waals surface area contributed by atoms with Crippen molar-refractivity contribution >= 4 is 51.3 Å². The second kappa shape index (κ2) is 6.39. The molecular formula is C12H10Cl2N4OS2. The Bertz CT molecular complexity index is 774. The van der Waals surface area contributed by atoms with Gasteiger partial charge >= 0.3 is 0 Å². The van der Waals surface area contributed by atoms with Crippen molar-refractivity contribution in [3.63, 3.8) is 0 Å². The largest absolute Gasteiger partial charge is 0.485 e. The molecule has 3 rings (SSSR count). The van der Waals surface area contributed by atoms with Gasteiger partial charge in [0.15, 0.2) is 10.8 Å². The first-order chi connectivity index (χ1) is 10.2. The van der Waals surface area contributed by atoms with E-state index < -0.39 is 0 Å². The fourth-order valence-corrected chi connectivity index (χ4v) is 3.37. The molecule has 2 heterocycles. The predicted octanol–water partition coefficient (Wildman–Crippen LogP) is 3.93. The summed E-state index contributed by atoms with van der Waals surface area (Å²) in [6.45, 7) is 0.327. The van der Waals surface area contributed by atoms with E-state index in [-0.39, 0.29) is 0 Å². The van der Waals surface area contributed by atoms with E-state index in [4.69, 9.17) is 27.9 Å². The fraction of sp³-hybridized carbons (Fsp3) is 0.250. The van der Waals surface area contributed by atoms with Crippen LogP contribution in [0.15, 0.2) is 18.2 Å². The Morgan fingerprint density at radius 2 is 2.19 bits per heavy atom. The van der Waals surface area contributed by atoms with Gasteiger partial charge < -0.3 is 4.74 Å². The molecule has 0 fully saturated rings. The first-order valence-electron chi connectivity index (χ1n) is 5.94. The zero-order chi connectivity index (χ0) is 14.8. The number of hydrogen-bond acceptors (Lipinski definition) is 6. The molecule has 0 aliphatic heterocycles. The second-order valence-corrected chi connectivity index (χ2v) is 6.85. The third-order valence-corrected chi connectivity index (χ3v) is 4.57. The summed E-state index contributed by atoms with van der Waals surface area (Å²) in [4.78, 5) is 0.764. The molecule has 0 spiro atoms. The molecule has 0 radical (unpaired) electrons. The van der Waals surface area contributed by atoms with Crippen molar-refractivity contribution in [1.29, 1.82) is 0 Å². The number of thioether (sulfide) groups is 1. The van der Waals surface area contributed by atoms with Crippen LogP contribution in [0.25, 0.3) is 4.96 Å². The van der Waals surface area contributed by atoms with Gasteiger partial charge in [-0.1, -0.05) is 34.5 Å². The number of benzene rings is 1. The van der Waals surface area contributed by atoms with E-state index in [0.717, 1.165) is 21.5 Å². The average Bonchev–Trinajstić information content (AvgIpc) is 3.00. The van der Waals surface area contributed by atoms with Gasteiger partial charge in [0.25, 0.3) is 0 Å². The van der Waals surface area contributed by atoms with Crippen LogP contribution >= 0.6 is 46.3 Å². The van der Waals surface area contributed by atoms with Crippen molar-refractivity contribution in [3.05, 3.63) is 39.1 Å². The van der Waals surface area contributed by atoms with Crippen molar-refractivity contribution in [1.82, 2.24) is 19.8 Å².